The molecule has 0 saturated carbocycles. The molecule has 2 heterocycles. The van der Waals surface area contributed by atoms with Crippen LogP contribution in [0.25, 0.3) is 11.0 Å². The molecule has 0 aliphatic heterocycles. The topological polar surface area (TPSA) is 52.3 Å². The number of rotatable bonds is 1. The molecule has 0 bridgehead atoms. The number of carbonyl (C=O) groups excluding carboxylic acids is 1. The lowest BCUT2D eigenvalue weighted by molar-refractivity contribution is -0.132. The lowest BCUT2D eigenvalue weighted by Gasteiger charge is -1.97. The number of furan rings is 1. The molecule has 13 heavy (non-hydrogen) atoms. The SMILES string of the molecule is CC(=O)Oc1cc2occc2cn1. The van der Waals surface area contributed by atoms with Crippen LogP contribution in [0.3, 0.4) is 0 Å². The van der Waals surface area contributed by atoms with Crippen molar-refractivity contribution in [2.24, 2.45) is 0 Å². The minimum absolute atomic E-state index is 0.259. The zero-order chi connectivity index (χ0) is 9.26. The van der Waals surface area contributed by atoms with Crippen LogP contribution in [0.15, 0.2) is 29.0 Å². The van der Waals surface area contributed by atoms with E-state index < -0.39 is 5.97 Å². The van der Waals surface area contributed by atoms with Crippen molar-refractivity contribution < 1.29 is 13.9 Å². The van der Waals surface area contributed by atoms with E-state index in [9.17, 15) is 4.79 Å². The van der Waals surface area contributed by atoms with Gasteiger partial charge in [-0.2, -0.15) is 0 Å². The maximum absolute atomic E-state index is 10.6. The lowest BCUT2D eigenvalue weighted by Crippen LogP contribution is -2.02. The van der Waals surface area contributed by atoms with Crippen molar-refractivity contribution in [2.45, 2.75) is 6.92 Å². The zero-order valence-electron chi connectivity index (χ0n) is 6.98. The van der Waals surface area contributed by atoms with Gasteiger partial charge in [0.1, 0.15) is 5.58 Å². The number of fused-ring (bicyclic) bond motifs is 1. The molecule has 4 nitrogen and oxygen atoms in total. The molecule has 66 valence electrons. The summed E-state index contributed by atoms with van der Waals surface area (Å²) in [6.07, 6.45) is 3.15. The third-order valence-corrected chi connectivity index (χ3v) is 1.56. The van der Waals surface area contributed by atoms with E-state index in [1.165, 1.54) is 6.92 Å². The lowest BCUT2D eigenvalue weighted by atomic mass is 10.3. The minimum Gasteiger partial charge on any atom is -0.464 e. The van der Waals surface area contributed by atoms with Gasteiger partial charge in [0.2, 0.25) is 5.88 Å². The van der Waals surface area contributed by atoms with Crippen LogP contribution in [0.5, 0.6) is 5.88 Å². The maximum atomic E-state index is 10.6. The summed E-state index contributed by atoms with van der Waals surface area (Å²) in [6, 6.07) is 3.37. The Morgan fingerprint density at radius 3 is 3.23 bits per heavy atom. The molecule has 0 amide bonds. The normalized spacial score (nSPS) is 10.2. The molecule has 0 aliphatic rings. The number of hydrogen-bond acceptors (Lipinski definition) is 4. The van der Waals surface area contributed by atoms with Crippen LogP contribution in [0.4, 0.5) is 0 Å². The van der Waals surface area contributed by atoms with Gasteiger partial charge in [-0.25, -0.2) is 4.98 Å². The molecular formula is C9H7NO3. The van der Waals surface area contributed by atoms with Gasteiger partial charge in [-0.05, 0) is 6.07 Å². The molecule has 0 unspecified atom stereocenters. The number of aromatic nitrogens is 1. The maximum Gasteiger partial charge on any atom is 0.309 e. The number of carbonyl (C=O) groups is 1. The number of hydrogen-bond donors (Lipinski definition) is 0. The fourth-order valence-electron chi connectivity index (χ4n) is 1.04. The highest BCUT2D eigenvalue weighted by Gasteiger charge is 2.02. The molecule has 0 aromatic carbocycles. The highest BCUT2D eigenvalue weighted by Crippen LogP contribution is 2.18. The van der Waals surface area contributed by atoms with E-state index in [0.29, 0.717) is 5.58 Å². The number of esters is 1. The molecule has 0 atom stereocenters. The van der Waals surface area contributed by atoms with Crippen molar-refractivity contribution >= 4 is 16.9 Å². The molecule has 2 aromatic rings. The predicted molar refractivity (Wildman–Crippen MR) is 45.3 cm³/mol. The summed E-state index contributed by atoms with van der Waals surface area (Å²) < 4.78 is 9.89. The Labute approximate surface area is 74.1 Å². The molecule has 0 N–H and O–H groups in total. The van der Waals surface area contributed by atoms with Gasteiger partial charge in [-0.15, -0.1) is 0 Å². The van der Waals surface area contributed by atoms with Crippen LogP contribution >= 0.6 is 0 Å². The molecule has 0 aliphatic carbocycles. The number of pyridine rings is 1. The van der Waals surface area contributed by atoms with Gasteiger partial charge in [-0.1, -0.05) is 0 Å². The zero-order valence-corrected chi connectivity index (χ0v) is 6.98. The second-order valence-electron chi connectivity index (χ2n) is 2.57. The van der Waals surface area contributed by atoms with Crippen molar-refractivity contribution in [3.05, 3.63) is 24.6 Å². The monoisotopic (exact) mass is 177 g/mol. The van der Waals surface area contributed by atoms with Gasteiger partial charge in [0, 0.05) is 24.6 Å². The Kier molecular flexibility index (Phi) is 1.73. The van der Waals surface area contributed by atoms with Crippen molar-refractivity contribution in [1.29, 1.82) is 0 Å². The van der Waals surface area contributed by atoms with Crippen LogP contribution in [0.1, 0.15) is 6.92 Å². The average Bonchev–Trinajstić information content (AvgIpc) is 2.49. The molecule has 0 radical (unpaired) electrons. The van der Waals surface area contributed by atoms with Crippen molar-refractivity contribution in [3.63, 3.8) is 0 Å². The van der Waals surface area contributed by atoms with Gasteiger partial charge >= 0.3 is 5.97 Å². The summed E-state index contributed by atoms with van der Waals surface area (Å²) in [5.41, 5.74) is 0.659. The van der Waals surface area contributed by atoms with Gasteiger partial charge in [0.15, 0.2) is 0 Å². The summed E-state index contributed by atoms with van der Waals surface area (Å²) in [5, 5.41) is 0.885. The molecule has 0 fully saturated rings. The first-order valence-corrected chi connectivity index (χ1v) is 3.77. The van der Waals surface area contributed by atoms with Crippen LogP contribution in [0.2, 0.25) is 0 Å². The first-order chi connectivity index (χ1) is 6.25. The summed E-state index contributed by atoms with van der Waals surface area (Å²) >= 11 is 0. The number of nitrogens with zero attached hydrogens (tertiary/aromatic N) is 1. The van der Waals surface area contributed by atoms with Gasteiger partial charge in [0.05, 0.1) is 6.26 Å². The van der Waals surface area contributed by atoms with E-state index in [4.69, 9.17) is 9.15 Å². The summed E-state index contributed by atoms with van der Waals surface area (Å²) in [5.74, 6) is -0.131. The van der Waals surface area contributed by atoms with E-state index in [0.717, 1.165) is 5.39 Å². The second-order valence-corrected chi connectivity index (χ2v) is 2.57. The average molecular weight is 177 g/mol. The number of ether oxygens (including phenoxy) is 1. The van der Waals surface area contributed by atoms with Gasteiger partial charge in [0.25, 0.3) is 0 Å². The van der Waals surface area contributed by atoms with Crippen LogP contribution < -0.4 is 4.74 Å². The summed E-state index contributed by atoms with van der Waals surface area (Å²) in [7, 11) is 0. The van der Waals surface area contributed by atoms with E-state index in [-0.39, 0.29) is 5.88 Å². The van der Waals surface area contributed by atoms with Crippen LogP contribution in [0, 0.1) is 0 Å². The first-order valence-electron chi connectivity index (χ1n) is 3.77. The van der Waals surface area contributed by atoms with Crippen molar-refractivity contribution in [2.75, 3.05) is 0 Å². The van der Waals surface area contributed by atoms with Crippen LogP contribution in [-0.2, 0) is 4.79 Å². The van der Waals surface area contributed by atoms with E-state index in [1.807, 2.05) is 0 Å². The molecule has 2 aromatic heterocycles. The standard InChI is InChI=1S/C9H7NO3/c1-6(11)13-9-4-8-7(5-10-9)2-3-12-8/h2-5H,1H3. The Hall–Kier alpha value is -1.84. The highest BCUT2D eigenvalue weighted by atomic mass is 16.5. The van der Waals surface area contributed by atoms with Gasteiger partial charge < -0.3 is 9.15 Å². The molecular weight excluding hydrogens is 170 g/mol. The van der Waals surface area contributed by atoms with Gasteiger partial charge in [-0.3, -0.25) is 4.79 Å². The molecule has 0 saturated heterocycles. The Morgan fingerprint density at radius 1 is 1.62 bits per heavy atom. The Morgan fingerprint density at radius 2 is 2.46 bits per heavy atom. The Bertz CT molecular complexity index is 447. The minimum atomic E-state index is -0.390. The largest absolute Gasteiger partial charge is 0.464 e. The predicted octanol–water partition coefficient (Wildman–Crippen LogP) is 1.75. The second kappa shape index (κ2) is 2.90. The summed E-state index contributed by atoms with van der Waals surface area (Å²) in [4.78, 5) is 14.5. The van der Waals surface area contributed by atoms with Crippen molar-refractivity contribution in [1.82, 2.24) is 4.98 Å². The fraction of sp³-hybridized carbons (Fsp3) is 0.111. The van der Waals surface area contributed by atoms with E-state index >= 15 is 0 Å². The molecule has 4 heteroatoms. The van der Waals surface area contributed by atoms with E-state index in [2.05, 4.69) is 4.98 Å². The first kappa shape index (κ1) is 7.79. The quantitative estimate of drug-likeness (QED) is 0.622. The molecule has 0 spiro atoms. The van der Waals surface area contributed by atoms with Crippen molar-refractivity contribution in [3.8, 4) is 5.88 Å². The molecule has 2 rings (SSSR count). The highest BCUT2D eigenvalue weighted by molar-refractivity contribution is 5.77. The Balaban J connectivity index is 2.42. The van der Waals surface area contributed by atoms with E-state index in [1.54, 1.807) is 24.6 Å². The fourth-order valence-corrected chi connectivity index (χ4v) is 1.04. The third kappa shape index (κ3) is 1.51. The summed E-state index contributed by atoms with van der Waals surface area (Å²) in [6.45, 7) is 1.33. The third-order valence-electron chi connectivity index (χ3n) is 1.56. The smallest absolute Gasteiger partial charge is 0.309 e. The van der Waals surface area contributed by atoms with Crippen LogP contribution in [-0.4, -0.2) is 11.0 Å².